The fourth-order valence-electron chi connectivity index (χ4n) is 5.42. The molecule has 1 aliphatic carbocycles. The lowest BCUT2D eigenvalue weighted by Crippen LogP contribution is -2.42. The summed E-state index contributed by atoms with van der Waals surface area (Å²) in [5.74, 6) is 1.28. The van der Waals surface area contributed by atoms with Crippen molar-refractivity contribution in [2.24, 2.45) is 0 Å². The number of hydrogen-bond acceptors (Lipinski definition) is 6. The molecule has 192 valence electrons. The Labute approximate surface area is 228 Å². The minimum absolute atomic E-state index is 0.0152. The van der Waals surface area contributed by atoms with Crippen LogP contribution in [-0.4, -0.2) is 30.6 Å². The summed E-state index contributed by atoms with van der Waals surface area (Å²) >= 11 is 3.54. The third-order valence-electron chi connectivity index (χ3n) is 7.17. The van der Waals surface area contributed by atoms with E-state index in [2.05, 4.69) is 15.9 Å². The molecular formula is C30H25BrN2O5. The molecule has 0 amide bonds. The molecule has 8 heteroatoms. The number of halogens is 1. The van der Waals surface area contributed by atoms with Crippen molar-refractivity contribution in [1.82, 2.24) is 0 Å². The van der Waals surface area contributed by atoms with Crippen molar-refractivity contribution < 1.29 is 24.1 Å². The Morgan fingerprint density at radius 2 is 1.84 bits per heavy atom. The number of anilines is 1. The lowest BCUT2D eigenvalue weighted by Gasteiger charge is -2.41. The summed E-state index contributed by atoms with van der Waals surface area (Å²) in [5.41, 5.74) is 3.77. The summed E-state index contributed by atoms with van der Waals surface area (Å²) < 4.78 is 17.3. The van der Waals surface area contributed by atoms with E-state index in [9.17, 15) is 15.3 Å². The molecule has 0 aromatic heterocycles. The average Bonchev–Trinajstić information content (AvgIpc) is 3.40. The van der Waals surface area contributed by atoms with Gasteiger partial charge in [0, 0.05) is 44.9 Å². The van der Waals surface area contributed by atoms with Gasteiger partial charge in [-0.05, 0) is 73.0 Å². The quantitative estimate of drug-likeness (QED) is 0.336. The number of rotatable bonds is 4. The van der Waals surface area contributed by atoms with Crippen LogP contribution in [0.3, 0.4) is 0 Å². The smallest absolute Gasteiger partial charge is 0.231 e. The highest BCUT2D eigenvalue weighted by Crippen LogP contribution is 2.49. The number of benzene rings is 3. The van der Waals surface area contributed by atoms with Gasteiger partial charge in [-0.3, -0.25) is 15.1 Å². The molecule has 0 saturated heterocycles. The third-order valence-corrected chi connectivity index (χ3v) is 7.66. The van der Waals surface area contributed by atoms with Gasteiger partial charge in [-0.2, -0.15) is 0 Å². The molecule has 6 rings (SSSR count). The van der Waals surface area contributed by atoms with Gasteiger partial charge in [0.15, 0.2) is 17.3 Å². The maximum Gasteiger partial charge on any atom is 0.231 e. The number of methoxy groups -OCH3 is 1. The summed E-state index contributed by atoms with van der Waals surface area (Å²) in [6, 6.07) is 20.2. The molecule has 0 radical (unpaired) electrons. The first-order valence-corrected chi connectivity index (χ1v) is 13.1. The molecule has 0 saturated carbocycles. The van der Waals surface area contributed by atoms with Crippen LogP contribution in [0, 0.1) is 5.41 Å². The molecular weight excluding hydrogens is 548 g/mol. The second-order valence-corrected chi connectivity index (χ2v) is 10.3. The zero-order chi connectivity index (χ0) is 26.4. The Kier molecular flexibility index (Phi) is 6.19. The molecule has 0 fully saturated rings. The number of aliphatic hydroxyl groups excluding tert-OH is 1. The number of ether oxygens (including phenoxy) is 3. The van der Waals surface area contributed by atoms with Crippen LogP contribution >= 0.6 is 15.9 Å². The number of carbonyl (C=O) groups excluding carboxylic acids is 1. The van der Waals surface area contributed by atoms with Crippen molar-refractivity contribution in [3.63, 3.8) is 0 Å². The number of nitrogens with zero attached hydrogens (tertiary/aromatic N) is 1. The molecule has 7 nitrogen and oxygen atoms in total. The Morgan fingerprint density at radius 1 is 1.05 bits per heavy atom. The molecule has 2 aliphatic heterocycles. The fraction of sp³-hybridized carbons (Fsp3) is 0.200. The Hall–Kier alpha value is -4.04. The van der Waals surface area contributed by atoms with Crippen molar-refractivity contribution in [3.05, 3.63) is 99.2 Å². The summed E-state index contributed by atoms with van der Waals surface area (Å²) in [6.45, 7) is 0.128. The number of fused-ring (bicyclic) bond motifs is 1. The predicted molar refractivity (Wildman–Crippen MR) is 148 cm³/mol. The van der Waals surface area contributed by atoms with Gasteiger partial charge in [-0.1, -0.05) is 28.1 Å². The SMILES string of the molecule is COc1ccc(C(O)=C2C(=N)N(c3cccc(Br)c3)C3=C(C(=O)CCC3)C2c2ccc3c(c2)OCO3)cc1. The number of aliphatic hydroxyl groups is 1. The third kappa shape index (κ3) is 4.05. The zero-order valence-corrected chi connectivity index (χ0v) is 22.2. The number of nitrogens with one attached hydrogen (secondary N) is 1. The molecule has 38 heavy (non-hydrogen) atoms. The van der Waals surface area contributed by atoms with Crippen molar-refractivity contribution >= 4 is 39.0 Å². The molecule has 0 spiro atoms. The van der Waals surface area contributed by atoms with Gasteiger partial charge >= 0.3 is 0 Å². The normalized spacial score (nSPS) is 19.9. The first-order valence-electron chi connectivity index (χ1n) is 12.3. The van der Waals surface area contributed by atoms with Crippen molar-refractivity contribution in [3.8, 4) is 17.2 Å². The standard InChI is InChI=1S/C30H25BrN2O5/c1-36-21-11-8-17(9-12-21)29(35)28-26(18-10-13-24-25(14-18)38-16-37-24)27-22(6-3-7-23(27)34)33(30(28)32)20-5-2-4-19(31)15-20/h2,4-5,8-15,26,32,35H,3,6-7,16H2,1H3. The van der Waals surface area contributed by atoms with Crippen LogP contribution in [0.4, 0.5) is 5.69 Å². The second-order valence-electron chi connectivity index (χ2n) is 9.34. The second kappa shape index (κ2) is 9.68. The van der Waals surface area contributed by atoms with Gasteiger partial charge in [0.2, 0.25) is 6.79 Å². The van der Waals surface area contributed by atoms with Crippen LogP contribution in [0.15, 0.2) is 88.0 Å². The fourth-order valence-corrected chi connectivity index (χ4v) is 5.81. The number of ketones is 1. The van der Waals surface area contributed by atoms with E-state index in [1.54, 1.807) is 36.3 Å². The molecule has 2 heterocycles. The number of carbonyl (C=O) groups is 1. The number of allylic oxidation sites excluding steroid dienone is 2. The largest absolute Gasteiger partial charge is 0.507 e. The van der Waals surface area contributed by atoms with E-state index in [4.69, 9.17) is 14.2 Å². The van der Waals surface area contributed by atoms with E-state index < -0.39 is 5.92 Å². The Balaban J connectivity index is 1.63. The lowest BCUT2D eigenvalue weighted by atomic mass is 9.73. The highest BCUT2D eigenvalue weighted by molar-refractivity contribution is 9.10. The van der Waals surface area contributed by atoms with Crippen LogP contribution in [0.1, 0.15) is 36.3 Å². The van der Waals surface area contributed by atoms with E-state index in [-0.39, 0.29) is 24.2 Å². The average molecular weight is 573 g/mol. The zero-order valence-electron chi connectivity index (χ0n) is 20.7. The van der Waals surface area contributed by atoms with Gasteiger partial charge in [-0.15, -0.1) is 0 Å². The first-order chi connectivity index (χ1) is 18.5. The van der Waals surface area contributed by atoms with Crippen LogP contribution < -0.4 is 19.1 Å². The number of Topliss-reactive ketones (excluding diaryl/α,β-unsaturated/α-hetero) is 1. The van der Waals surface area contributed by atoms with E-state index in [1.165, 1.54) is 0 Å². The van der Waals surface area contributed by atoms with Crippen molar-refractivity contribution in [2.75, 3.05) is 18.8 Å². The Morgan fingerprint density at radius 3 is 2.61 bits per heavy atom. The highest BCUT2D eigenvalue weighted by atomic mass is 79.9. The van der Waals surface area contributed by atoms with Crippen LogP contribution in [0.5, 0.6) is 17.2 Å². The van der Waals surface area contributed by atoms with Gasteiger partial charge in [0.25, 0.3) is 0 Å². The minimum Gasteiger partial charge on any atom is -0.507 e. The van der Waals surface area contributed by atoms with Crippen LogP contribution in [0.25, 0.3) is 5.76 Å². The maximum atomic E-state index is 13.6. The molecule has 3 aromatic carbocycles. The van der Waals surface area contributed by atoms with Gasteiger partial charge in [0.05, 0.1) is 7.11 Å². The van der Waals surface area contributed by atoms with E-state index in [1.807, 2.05) is 42.5 Å². The molecule has 2 N–H and O–H groups in total. The minimum atomic E-state index is -0.648. The summed E-state index contributed by atoms with van der Waals surface area (Å²) in [4.78, 5) is 15.4. The molecule has 1 unspecified atom stereocenters. The predicted octanol–water partition coefficient (Wildman–Crippen LogP) is 6.74. The topological polar surface area (TPSA) is 92.1 Å². The van der Waals surface area contributed by atoms with E-state index >= 15 is 0 Å². The maximum absolute atomic E-state index is 13.6. The highest BCUT2D eigenvalue weighted by Gasteiger charge is 2.43. The van der Waals surface area contributed by atoms with Crippen LogP contribution in [0.2, 0.25) is 0 Å². The van der Waals surface area contributed by atoms with Gasteiger partial charge in [-0.25, -0.2) is 0 Å². The van der Waals surface area contributed by atoms with Crippen molar-refractivity contribution in [2.45, 2.75) is 25.2 Å². The molecule has 3 aliphatic rings. The van der Waals surface area contributed by atoms with Crippen molar-refractivity contribution in [1.29, 1.82) is 5.41 Å². The number of hydrogen-bond donors (Lipinski definition) is 2. The number of amidine groups is 1. The van der Waals surface area contributed by atoms with E-state index in [0.717, 1.165) is 21.4 Å². The van der Waals surface area contributed by atoms with Crippen LogP contribution in [-0.2, 0) is 4.79 Å². The molecule has 3 aromatic rings. The molecule has 0 bridgehead atoms. The van der Waals surface area contributed by atoms with Gasteiger partial charge in [0.1, 0.15) is 17.3 Å². The summed E-state index contributed by atoms with van der Waals surface area (Å²) in [6.07, 6.45) is 1.76. The van der Waals surface area contributed by atoms with E-state index in [0.29, 0.717) is 53.2 Å². The monoisotopic (exact) mass is 572 g/mol. The first kappa shape index (κ1) is 24.3. The Bertz CT molecular complexity index is 1530. The molecule has 1 atom stereocenters. The summed E-state index contributed by atoms with van der Waals surface area (Å²) in [5, 5.41) is 21.2. The lowest BCUT2D eigenvalue weighted by molar-refractivity contribution is -0.116. The summed E-state index contributed by atoms with van der Waals surface area (Å²) in [7, 11) is 1.58. The van der Waals surface area contributed by atoms with Gasteiger partial charge < -0.3 is 19.3 Å².